The maximum atomic E-state index is 13.8. The van der Waals surface area contributed by atoms with Crippen LogP contribution in [0, 0.1) is 0 Å². The number of rotatable bonds is 4. The van der Waals surface area contributed by atoms with E-state index < -0.39 is 17.8 Å². The maximum absolute atomic E-state index is 13.8. The van der Waals surface area contributed by atoms with Crippen LogP contribution in [0.3, 0.4) is 0 Å². The minimum Gasteiger partial charge on any atom is -0.453 e. The average Bonchev–Trinajstić information content (AvgIpc) is 3.21. The van der Waals surface area contributed by atoms with Crippen LogP contribution in [0.15, 0.2) is 24.5 Å². The number of nitrogens with one attached hydrogen (secondary N) is 4. The Hall–Kier alpha value is -3.05. The molecule has 1 fully saturated rings. The number of ether oxygens (including phenoxy) is 1. The Bertz CT molecular complexity index is 1170. The topological polar surface area (TPSA) is 104 Å². The molecule has 12 heteroatoms. The number of fused-ring (bicyclic) bond motifs is 1. The Kier molecular flexibility index (Phi) is 6.35. The van der Waals surface area contributed by atoms with Crippen LogP contribution in [0.5, 0.6) is 0 Å². The van der Waals surface area contributed by atoms with E-state index in [9.17, 15) is 18.0 Å². The molecule has 4 N–H and O–H groups in total. The lowest BCUT2D eigenvalue weighted by Gasteiger charge is -2.28. The van der Waals surface area contributed by atoms with Gasteiger partial charge in [-0.3, -0.25) is 5.32 Å². The molecule has 33 heavy (non-hydrogen) atoms. The van der Waals surface area contributed by atoms with E-state index in [0.717, 1.165) is 19.0 Å². The molecule has 1 amide bonds. The third kappa shape index (κ3) is 4.83. The second kappa shape index (κ2) is 9.06. The number of hydrogen-bond donors (Lipinski definition) is 4. The van der Waals surface area contributed by atoms with Crippen molar-refractivity contribution >= 4 is 40.2 Å². The van der Waals surface area contributed by atoms with Crippen LogP contribution < -0.4 is 16.0 Å². The van der Waals surface area contributed by atoms with E-state index in [1.807, 2.05) is 0 Å². The van der Waals surface area contributed by atoms with Crippen LogP contribution >= 0.6 is 11.6 Å². The number of nitrogens with zero attached hydrogens (tertiary/aromatic N) is 2. The zero-order valence-corrected chi connectivity index (χ0v) is 18.6. The van der Waals surface area contributed by atoms with E-state index in [2.05, 4.69) is 42.6 Å². The average molecular weight is 483 g/mol. The molecule has 1 aliphatic rings. The van der Waals surface area contributed by atoms with Gasteiger partial charge in [0.2, 0.25) is 5.95 Å². The van der Waals surface area contributed by atoms with Crippen LogP contribution in [0.25, 0.3) is 22.2 Å². The molecule has 0 saturated carbocycles. The van der Waals surface area contributed by atoms with Gasteiger partial charge >= 0.3 is 12.3 Å². The fraction of sp³-hybridized carbons (Fsp3) is 0.381. The number of halogens is 4. The molecule has 3 aromatic rings. The first kappa shape index (κ1) is 23.1. The van der Waals surface area contributed by atoms with Gasteiger partial charge in [-0.05, 0) is 31.9 Å². The van der Waals surface area contributed by atoms with Gasteiger partial charge in [-0.15, -0.1) is 0 Å². The summed E-state index contributed by atoms with van der Waals surface area (Å²) in [5, 5.41) is 9.46. The van der Waals surface area contributed by atoms with Gasteiger partial charge < -0.3 is 20.4 Å². The minimum atomic E-state index is -4.66. The highest BCUT2D eigenvalue weighted by Crippen LogP contribution is 2.41. The van der Waals surface area contributed by atoms with Crippen LogP contribution in [0.1, 0.15) is 25.3 Å². The van der Waals surface area contributed by atoms with E-state index in [1.165, 1.54) is 19.4 Å². The molecular weight excluding hydrogens is 461 g/mol. The van der Waals surface area contributed by atoms with Gasteiger partial charge in [-0.25, -0.2) is 14.8 Å². The summed E-state index contributed by atoms with van der Waals surface area (Å²) in [7, 11) is 1.21. The second-order valence-corrected chi connectivity index (χ2v) is 8.23. The zero-order chi connectivity index (χ0) is 23.8. The standard InChI is InChI=1S/C21H22ClF3N6O2/c1-10-3-4-11(7-26-10)29-19-28-9-14(21(23,24)25)17(31-19)13-8-27-18-12(13)5-6-15(16(18)22)30-20(32)33-2/h5-6,8-11,26-27H,3-4,7H2,1-2H3,(H,30,32)(H,28,29,31)/t10?,11-/m0/s1. The highest BCUT2D eigenvalue weighted by Gasteiger charge is 2.36. The lowest BCUT2D eigenvalue weighted by molar-refractivity contribution is -0.137. The van der Waals surface area contributed by atoms with Crippen molar-refractivity contribution in [3.63, 3.8) is 0 Å². The van der Waals surface area contributed by atoms with Gasteiger partial charge in [0.15, 0.2) is 0 Å². The summed E-state index contributed by atoms with van der Waals surface area (Å²) in [4.78, 5) is 22.6. The van der Waals surface area contributed by atoms with Crippen molar-refractivity contribution in [1.82, 2.24) is 20.3 Å². The molecule has 3 heterocycles. The molecule has 8 nitrogen and oxygen atoms in total. The Morgan fingerprint density at radius 3 is 2.76 bits per heavy atom. The summed E-state index contributed by atoms with van der Waals surface area (Å²) in [6, 6.07) is 3.44. The Balaban J connectivity index is 1.74. The molecule has 2 atom stereocenters. The molecule has 176 valence electrons. The van der Waals surface area contributed by atoms with Crippen molar-refractivity contribution in [3.8, 4) is 11.3 Å². The normalized spacial score (nSPS) is 18.8. The first-order chi connectivity index (χ1) is 15.7. The van der Waals surface area contributed by atoms with Crippen molar-refractivity contribution in [2.45, 2.75) is 38.0 Å². The number of anilines is 2. The molecule has 1 aliphatic heterocycles. The zero-order valence-electron chi connectivity index (χ0n) is 17.8. The van der Waals surface area contributed by atoms with E-state index in [4.69, 9.17) is 11.6 Å². The van der Waals surface area contributed by atoms with Gasteiger partial charge in [0.1, 0.15) is 5.56 Å². The predicted octanol–water partition coefficient (Wildman–Crippen LogP) is 5.03. The van der Waals surface area contributed by atoms with Crippen LogP contribution in [0.4, 0.5) is 29.6 Å². The summed E-state index contributed by atoms with van der Waals surface area (Å²) in [6.45, 7) is 2.75. The largest absolute Gasteiger partial charge is 0.453 e. The van der Waals surface area contributed by atoms with Crippen molar-refractivity contribution in [1.29, 1.82) is 0 Å². The SMILES string of the molecule is COC(=O)Nc1ccc2c(-c3nc(N[C@H]4CCC(C)NC4)ncc3C(F)(F)F)c[nH]c2c1Cl. The summed E-state index contributed by atoms with van der Waals surface area (Å²) in [6.07, 6.45) is -1.39. The van der Waals surface area contributed by atoms with Crippen LogP contribution in [-0.2, 0) is 10.9 Å². The predicted molar refractivity (Wildman–Crippen MR) is 119 cm³/mol. The number of alkyl halides is 3. The number of benzene rings is 1. The van der Waals surface area contributed by atoms with Crippen molar-refractivity contribution < 1.29 is 22.7 Å². The summed E-state index contributed by atoms with van der Waals surface area (Å²) >= 11 is 6.37. The highest BCUT2D eigenvalue weighted by molar-refractivity contribution is 6.38. The number of aromatic amines is 1. The van der Waals surface area contributed by atoms with E-state index >= 15 is 0 Å². The molecule has 1 aromatic carbocycles. The van der Waals surface area contributed by atoms with Gasteiger partial charge in [0.05, 0.1) is 29.0 Å². The van der Waals surface area contributed by atoms with Crippen LogP contribution in [-0.4, -0.2) is 46.8 Å². The molecule has 0 bridgehead atoms. The van der Waals surface area contributed by atoms with Crippen molar-refractivity contribution in [2.75, 3.05) is 24.3 Å². The second-order valence-electron chi connectivity index (χ2n) is 7.85. The van der Waals surface area contributed by atoms with Crippen molar-refractivity contribution in [3.05, 3.63) is 35.1 Å². The lowest BCUT2D eigenvalue weighted by Crippen LogP contribution is -2.43. The highest BCUT2D eigenvalue weighted by atomic mass is 35.5. The third-order valence-corrected chi connectivity index (χ3v) is 5.95. The summed E-state index contributed by atoms with van der Waals surface area (Å²) in [5.74, 6) is 0.115. The van der Waals surface area contributed by atoms with E-state index in [0.29, 0.717) is 23.5 Å². The summed E-state index contributed by atoms with van der Waals surface area (Å²) < 4.78 is 45.9. The Labute approximate surface area is 192 Å². The monoisotopic (exact) mass is 482 g/mol. The maximum Gasteiger partial charge on any atom is 0.419 e. The fourth-order valence-corrected chi connectivity index (χ4v) is 4.05. The van der Waals surface area contributed by atoms with Crippen LogP contribution in [0.2, 0.25) is 5.02 Å². The smallest absolute Gasteiger partial charge is 0.419 e. The first-order valence-electron chi connectivity index (χ1n) is 10.3. The van der Waals surface area contributed by atoms with E-state index in [1.54, 1.807) is 6.07 Å². The van der Waals surface area contributed by atoms with Gasteiger partial charge in [0.25, 0.3) is 0 Å². The Morgan fingerprint density at radius 1 is 1.30 bits per heavy atom. The van der Waals surface area contributed by atoms with Gasteiger partial charge in [0, 0.05) is 42.0 Å². The number of piperidine rings is 1. The molecule has 1 unspecified atom stereocenters. The molecular formula is C21H22ClF3N6O2. The van der Waals surface area contributed by atoms with E-state index in [-0.39, 0.29) is 34.0 Å². The first-order valence-corrected chi connectivity index (χ1v) is 10.6. The van der Waals surface area contributed by atoms with Crippen molar-refractivity contribution in [2.24, 2.45) is 0 Å². The number of hydrogen-bond acceptors (Lipinski definition) is 6. The molecule has 4 rings (SSSR count). The number of carbonyl (C=O) groups is 1. The minimum absolute atomic E-state index is 0.00940. The number of methoxy groups -OCH3 is 1. The molecule has 1 saturated heterocycles. The molecule has 0 spiro atoms. The molecule has 0 aliphatic carbocycles. The molecule has 2 aromatic heterocycles. The fourth-order valence-electron chi connectivity index (χ4n) is 3.79. The number of carbonyl (C=O) groups excluding carboxylic acids is 1. The Morgan fingerprint density at radius 2 is 2.09 bits per heavy atom. The summed E-state index contributed by atoms with van der Waals surface area (Å²) in [5.41, 5.74) is -0.410. The number of aromatic nitrogens is 3. The quantitative estimate of drug-likeness (QED) is 0.416. The molecule has 0 radical (unpaired) electrons. The third-order valence-electron chi connectivity index (χ3n) is 5.56. The van der Waals surface area contributed by atoms with Gasteiger partial charge in [-0.2, -0.15) is 13.2 Å². The van der Waals surface area contributed by atoms with Gasteiger partial charge in [-0.1, -0.05) is 11.6 Å². The lowest BCUT2D eigenvalue weighted by atomic mass is 10.0. The number of amides is 1. The number of H-pyrrole nitrogens is 1.